The maximum atomic E-state index is 13.4. The third-order valence-electron chi connectivity index (χ3n) is 8.95. The van der Waals surface area contributed by atoms with E-state index in [0.29, 0.717) is 49.3 Å². The summed E-state index contributed by atoms with van der Waals surface area (Å²) in [6.45, 7) is 7.70. The molecule has 0 amide bonds. The molecule has 3 aliphatic rings. The van der Waals surface area contributed by atoms with Gasteiger partial charge in [0.15, 0.2) is 0 Å². The summed E-state index contributed by atoms with van der Waals surface area (Å²) in [7, 11) is 0. The Morgan fingerprint density at radius 2 is 1.06 bits per heavy atom. The normalized spacial score (nSPS) is 19.4. The molecular formula is C33H41ClF4N10. The smallest absolute Gasteiger partial charge is 0.254 e. The molecule has 4 aromatic rings. The Morgan fingerprint density at radius 1 is 0.625 bits per heavy atom. The minimum absolute atomic E-state index is 0.0334. The monoisotopic (exact) mass is 688 g/mol. The molecule has 10 nitrogen and oxygen atoms in total. The Kier molecular flexibility index (Phi) is 9.65. The van der Waals surface area contributed by atoms with Crippen molar-refractivity contribution in [3.8, 4) is 11.9 Å². The van der Waals surface area contributed by atoms with Gasteiger partial charge >= 0.3 is 0 Å². The third-order valence-corrected chi connectivity index (χ3v) is 9.14. The van der Waals surface area contributed by atoms with Gasteiger partial charge in [0.2, 0.25) is 11.8 Å². The minimum atomic E-state index is -2.55. The number of aromatic nitrogens is 8. The largest absolute Gasteiger partial charge is 0.367 e. The van der Waals surface area contributed by atoms with Crippen molar-refractivity contribution in [2.24, 2.45) is 0 Å². The molecule has 0 radical (unpaired) electrons. The van der Waals surface area contributed by atoms with Crippen LogP contribution >= 0.6 is 11.6 Å². The van der Waals surface area contributed by atoms with E-state index in [1.165, 1.54) is 0 Å². The van der Waals surface area contributed by atoms with Gasteiger partial charge in [0.05, 0.1) is 17.1 Å². The Bertz CT molecular complexity index is 1730. The lowest BCUT2D eigenvalue weighted by Crippen LogP contribution is -2.32. The van der Waals surface area contributed by atoms with Gasteiger partial charge in [-0.05, 0) is 78.4 Å². The van der Waals surface area contributed by atoms with E-state index in [9.17, 15) is 17.6 Å². The number of alkyl halides is 4. The Hall–Kier alpha value is -3.81. The van der Waals surface area contributed by atoms with Crippen LogP contribution in [-0.2, 0) is 0 Å². The molecule has 0 saturated heterocycles. The van der Waals surface area contributed by atoms with E-state index in [1.807, 2.05) is 45.9 Å². The highest BCUT2D eigenvalue weighted by atomic mass is 35.5. The lowest BCUT2D eigenvalue weighted by atomic mass is 9.92. The fourth-order valence-corrected chi connectivity index (χ4v) is 6.41. The summed E-state index contributed by atoms with van der Waals surface area (Å²) in [5.41, 5.74) is 4.67. The van der Waals surface area contributed by atoms with Gasteiger partial charge in [-0.25, -0.2) is 31.9 Å². The highest BCUT2D eigenvalue weighted by Crippen LogP contribution is 2.40. The van der Waals surface area contributed by atoms with Crippen molar-refractivity contribution in [1.82, 2.24) is 39.5 Å². The van der Waals surface area contributed by atoms with Crippen molar-refractivity contribution >= 4 is 23.2 Å². The molecule has 0 spiro atoms. The average molecular weight is 689 g/mol. The summed E-state index contributed by atoms with van der Waals surface area (Å²) in [5, 5.41) is 15.6. The summed E-state index contributed by atoms with van der Waals surface area (Å²) in [5.74, 6) is -2.41. The van der Waals surface area contributed by atoms with Gasteiger partial charge < -0.3 is 10.6 Å². The number of nitrogens with one attached hydrogen (secondary N) is 2. The zero-order chi connectivity index (χ0) is 34.2. The van der Waals surface area contributed by atoms with Crippen molar-refractivity contribution in [2.75, 3.05) is 10.6 Å². The van der Waals surface area contributed by atoms with E-state index in [1.54, 1.807) is 15.4 Å². The Morgan fingerprint density at radius 3 is 1.48 bits per heavy atom. The van der Waals surface area contributed by atoms with Crippen LogP contribution in [0, 0.1) is 27.7 Å². The highest BCUT2D eigenvalue weighted by Gasteiger charge is 2.36. The molecule has 3 saturated carbocycles. The van der Waals surface area contributed by atoms with Gasteiger partial charge in [-0.2, -0.15) is 25.1 Å². The van der Waals surface area contributed by atoms with Gasteiger partial charge in [0.25, 0.3) is 11.9 Å². The van der Waals surface area contributed by atoms with E-state index < -0.39 is 11.8 Å². The van der Waals surface area contributed by atoms with Crippen LogP contribution < -0.4 is 10.6 Å². The molecule has 4 heterocycles. The van der Waals surface area contributed by atoms with Crippen molar-refractivity contribution in [3.63, 3.8) is 0 Å². The molecule has 0 bridgehead atoms. The fraction of sp³-hybridized carbons (Fsp3) is 0.576. The molecule has 48 heavy (non-hydrogen) atoms. The van der Waals surface area contributed by atoms with Crippen LogP contribution in [0.1, 0.15) is 98.6 Å². The van der Waals surface area contributed by atoms with E-state index >= 15 is 0 Å². The summed E-state index contributed by atoms with van der Waals surface area (Å²) < 4.78 is 56.5. The summed E-state index contributed by atoms with van der Waals surface area (Å²) in [4.78, 5) is 17.9. The second kappa shape index (κ2) is 13.6. The number of nitrogens with zero attached hydrogens (tertiary/aromatic N) is 8. The zero-order valence-corrected chi connectivity index (χ0v) is 28.3. The van der Waals surface area contributed by atoms with Gasteiger partial charge in [-0.3, -0.25) is 0 Å². The van der Waals surface area contributed by atoms with Crippen LogP contribution in [0.15, 0.2) is 24.3 Å². The van der Waals surface area contributed by atoms with Crippen LogP contribution in [0.25, 0.3) is 11.9 Å². The number of anilines is 2. The number of hydrogen-bond donors (Lipinski definition) is 2. The van der Waals surface area contributed by atoms with Crippen molar-refractivity contribution in [1.29, 1.82) is 0 Å². The van der Waals surface area contributed by atoms with Gasteiger partial charge in [0, 0.05) is 67.2 Å². The molecule has 0 atom stereocenters. The van der Waals surface area contributed by atoms with Crippen LogP contribution in [0.2, 0.25) is 5.15 Å². The summed E-state index contributed by atoms with van der Waals surface area (Å²) >= 11 is 6.07. The predicted molar refractivity (Wildman–Crippen MR) is 176 cm³/mol. The van der Waals surface area contributed by atoms with Crippen LogP contribution in [-0.4, -0.2) is 63.4 Å². The van der Waals surface area contributed by atoms with E-state index in [2.05, 4.69) is 40.8 Å². The lowest BCUT2D eigenvalue weighted by molar-refractivity contribution is -0.0366. The van der Waals surface area contributed by atoms with E-state index in [0.717, 1.165) is 47.1 Å². The molecule has 3 aliphatic carbocycles. The fourth-order valence-electron chi connectivity index (χ4n) is 6.23. The molecule has 3 fully saturated rings. The Labute approximate surface area is 282 Å². The van der Waals surface area contributed by atoms with Gasteiger partial charge in [-0.1, -0.05) is 11.6 Å². The quantitative estimate of drug-likeness (QED) is 0.148. The van der Waals surface area contributed by atoms with Gasteiger partial charge in [-0.15, -0.1) is 0 Å². The maximum absolute atomic E-state index is 13.4. The molecule has 258 valence electrons. The maximum Gasteiger partial charge on any atom is 0.254 e. The first-order valence-corrected chi connectivity index (χ1v) is 16.9. The molecule has 0 aromatic carbocycles. The second-order valence-corrected chi connectivity index (χ2v) is 13.7. The van der Waals surface area contributed by atoms with Crippen molar-refractivity contribution in [2.45, 2.75) is 122 Å². The topological polar surface area (TPSA) is 111 Å². The van der Waals surface area contributed by atoms with Crippen molar-refractivity contribution < 1.29 is 17.6 Å². The van der Waals surface area contributed by atoms with Crippen LogP contribution in [0.3, 0.4) is 0 Å². The van der Waals surface area contributed by atoms with Crippen LogP contribution in [0.4, 0.5) is 29.2 Å². The van der Waals surface area contributed by atoms with Gasteiger partial charge in [0.1, 0.15) is 16.8 Å². The Balaban J connectivity index is 0.000000168. The first-order chi connectivity index (χ1) is 22.7. The average Bonchev–Trinajstić information content (AvgIpc) is 3.73. The molecule has 0 unspecified atom stereocenters. The first kappa shape index (κ1) is 34.1. The molecule has 0 aliphatic heterocycles. The second-order valence-electron chi connectivity index (χ2n) is 13.4. The number of halogens is 5. The number of rotatable bonds is 7. The van der Waals surface area contributed by atoms with E-state index in [-0.39, 0.29) is 42.9 Å². The third kappa shape index (κ3) is 8.61. The molecule has 2 N–H and O–H groups in total. The minimum Gasteiger partial charge on any atom is -0.367 e. The van der Waals surface area contributed by atoms with Crippen LogP contribution in [0.5, 0.6) is 0 Å². The van der Waals surface area contributed by atoms with E-state index in [4.69, 9.17) is 11.6 Å². The molecule has 7 rings (SSSR count). The van der Waals surface area contributed by atoms with Crippen molar-refractivity contribution in [3.05, 3.63) is 57.9 Å². The SMILES string of the molecule is Cc1cc(C)n(-c2nc(Cl)cc(NC3CCC(F)(F)CC3)n2)n1.Cc1cc(C)n(-c2nc(NC3CCC(F)(F)CC3)cc(C3CC3)n2)n1. The zero-order valence-electron chi connectivity index (χ0n) is 27.6. The number of hydrogen-bond acceptors (Lipinski definition) is 8. The standard InChI is InChI=1S/C18H23F2N5.C15H18ClF2N5/c1-11-9-12(2)25(24-11)17-22-15(13-3-4-13)10-16(23-17)21-14-5-7-18(19,20)8-6-14;1-9-7-10(2)23(22-9)14-20-12(16)8-13(21-14)19-11-3-5-15(17,18)6-4-11/h9-10,13-14H,3-8H2,1-2H3,(H,21,22,23);7-8,11H,3-6H2,1-2H3,(H,19,20,21). The number of aryl methyl sites for hydroxylation is 4. The first-order valence-electron chi connectivity index (χ1n) is 16.5. The summed E-state index contributed by atoms with van der Waals surface area (Å²) in [6.07, 6.45) is 3.70. The lowest BCUT2D eigenvalue weighted by Gasteiger charge is -2.29. The molecular weight excluding hydrogens is 648 g/mol. The molecule has 15 heteroatoms. The molecule has 4 aromatic heterocycles. The predicted octanol–water partition coefficient (Wildman–Crippen LogP) is 8.07. The highest BCUT2D eigenvalue weighted by molar-refractivity contribution is 6.29. The summed E-state index contributed by atoms with van der Waals surface area (Å²) in [6, 6.07) is 7.48.